The summed E-state index contributed by atoms with van der Waals surface area (Å²) >= 11 is 0. The van der Waals surface area contributed by atoms with Crippen molar-refractivity contribution in [1.82, 2.24) is 9.97 Å². The largest absolute Gasteiger partial charge is 0.419 e. The van der Waals surface area contributed by atoms with Gasteiger partial charge in [-0.3, -0.25) is 0 Å². The van der Waals surface area contributed by atoms with Crippen molar-refractivity contribution in [2.45, 2.75) is 6.18 Å². The lowest BCUT2D eigenvalue weighted by Crippen LogP contribution is -2.14. The van der Waals surface area contributed by atoms with Crippen molar-refractivity contribution in [3.63, 3.8) is 0 Å². The van der Waals surface area contributed by atoms with Gasteiger partial charge >= 0.3 is 6.18 Å². The molecule has 0 aliphatic rings. The lowest BCUT2D eigenvalue weighted by molar-refractivity contribution is -0.138. The van der Waals surface area contributed by atoms with Crippen LogP contribution >= 0.6 is 0 Å². The number of rotatable bonds is 2. The first-order chi connectivity index (χ1) is 8.48. The number of halogens is 3. The summed E-state index contributed by atoms with van der Waals surface area (Å²) in [6.07, 6.45) is -2.85. The van der Waals surface area contributed by atoms with E-state index in [1.165, 1.54) is 0 Å². The number of hydrogen-bond donors (Lipinski definition) is 0. The predicted octanol–water partition coefficient (Wildman–Crippen LogP) is 3.26. The highest BCUT2D eigenvalue weighted by molar-refractivity contribution is 5.55. The van der Waals surface area contributed by atoms with E-state index >= 15 is 0 Å². The maximum absolute atomic E-state index is 12.4. The Morgan fingerprint density at radius 1 is 1.00 bits per heavy atom. The van der Waals surface area contributed by atoms with E-state index in [4.69, 9.17) is 0 Å². The Kier molecular flexibility index (Phi) is 3.18. The average molecular weight is 253 g/mol. The number of hydrogen-bond acceptors (Lipinski definition) is 3. The molecule has 3 nitrogen and oxygen atoms in total. The first-order valence-electron chi connectivity index (χ1n) is 5.16. The molecule has 0 spiro atoms. The molecule has 1 aromatic carbocycles. The van der Waals surface area contributed by atoms with Crippen LogP contribution in [0.5, 0.6) is 0 Å². The summed E-state index contributed by atoms with van der Waals surface area (Å²) in [4.78, 5) is 9.04. The van der Waals surface area contributed by atoms with Crippen LogP contribution in [0.15, 0.2) is 42.7 Å². The molecule has 0 saturated carbocycles. The van der Waals surface area contributed by atoms with Crippen molar-refractivity contribution in [2.24, 2.45) is 0 Å². The average Bonchev–Trinajstić information content (AvgIpc) is 2.38. The van der Waals surface area contributed by atoms with Gasteiger partial charge in [0.05, 0.1) is 5.56 Å². The maximum Gasteiger partial charge on any atom is 0.419 e. The number of para-hydroxylation sites is 1. The Morgan fingerprint density at radius 2 is 1.56 bits per heavy atom. The molecule has 1 aromatic heterocycles. The normalized spacial score (nSPS) is 11.3. The molecule has 6 heteroatoms. The minimum atomic E-state index is -4.41. The summed E-state index contributed by atoms with van der Waals surface area (Å²) in [6, 6.07) is 9.15. The van der Waals surface area contributed by atoms with Gasteiger partial charge in [-0.05, 0) is 12.1 Å². The summed E-state index contributed by atoms with van der Waals surface area (Å²) < 4.78 is 37.1. The van der Waals surface area contributed by atoms with Gasteiger partial charge in [-0.25, -0.2) is 9.97 Å². The third-order valence-corrected chi connectivity index (χ3v) is 2.41. The summed E-state index contributed by atoms with van der Waals surface area (Å²) in [6.45, 7) is 0. The van der Waals surface area contributed by atoms with E-state index in [0.29, 0.717) is 0 Å². The SMILES string of the molecule is CN(c1ccccc1)c1ncc(C(F)(F)F)cn1. The Labute approximate surface area is 102 Å². The minimum absolute atomic E-state index is 0.217. The van der Waals surface area contributed by atoms with Crippen LogP contribution in [-0.4, -0.2) is 17.0 Å². The fourth-order valence-corrected chi connectivity index (χ4v) is 1.41. The van der Waals surface area contributed by atoms with E-state index in [2.05, 4.69) is 9.97 Å². The number of alkyl halides is 3. The van der Waals surface area contributed by atoms with Gasteiger partial charge in [-0.1, -0.05) is 18.2 Å². The van der Waals surface area contributed by atoms with Crippen LogP contribution in [0.1, 0.15) is 5.56 Å². The van der Waals surface area contributed by atoms with E-state index in [1.807, 2.05) is 30.3 Å². The number of nitrogens with zero attached hydrogens (tertiary/aromatic N) is 3. The quantitative estimate of drug-likeness (QED) is 0.822. The van der Waals surface area contributed by atoms with E-state index in [1.54, 1.807) is 11.9 Å². The summed E-state index contributed by atoms with van der Waals surface area (Å²) in [5.41, 5.74) is -0.0510. The molecule has 0 amide bonds. The second-order valence-corrected chi connectivity index (χ2v) is 3.66. The molecule has 0 unspecified atom stereocenters. The van der Waals surface area contributed by atoms with Crippen LogP contribution < -0.4 is 4.90 Å². The fraction of sp³-hybridized carbons (Fsp3) is 0.167. The highest BCUT2D eigenvalue weighted by atomic mass is 19.4. The van der Waals surface area contributed by atoms with Crippen LogP contribution in [-0.2, 0) is 6.18 Å². The Hall–Kier alpha value is -2.11. The van der Waals surface area contributed by atoms with Gasteiger partial charge in [0.2, 0.25) is 5.95 Å². The van der Waals surface area contributed by atoms with Gasteiger partial charge < -0.3 is 4.90 Å². The van der Waals surface area contributed by atoms with Crippen molar-refractivity contribution in [1.29, 1.82) is 0 Å². The summed E-state index contributed by atoms with van der Waals surface area (Å²) in [5, 5.41) is 0. The number of anilines is 2. The Balaban J connectivity index is 2.25. The van der Waals surface area contributed by atoms with Crippen molar-refractivity contribution >= 4 is 11.6 Å². The molecule has 94 valence electrons. The van der Waals surface area contributed by atoms with Crippen LogP contribution in [0.4, 0.5) is 24.8 Å². The zero-order chi connectivity index (χ0) is 13.2. The highest BCUT2D eigenvalue weighted by Gasteiger charge is 2.31. The minimum Gasteiger partial charge on any atom is -0.314 e. The Bertz CT molecular complexity index is 508. The van der Waals surface area contributed by atoms with Crippen molar-refractivity contribution in [2.75, 3.05) is 11.9 Å². The first-order valence-corrected chi connectivity index (χ1v) is 5.16. The molecule has 0 N–H and O–H groups in total. The lowest BCUT2D eigenvalue weighted by atomic mass is 10.3. The van der Waals surface area contributed by atoms with Crippen molar-refractivity contribution in [3.8, 4) is 0 Å². The molecule has 0 fully saturated rings. The third-order valence-electron chi connectivity index (χ3n) is 2.41. The maximum atomic E-state index is 12.4. The van der Waals surface area contributed by atoms with Crippen LogP contribution in [0.2, 0.25) is 0 Å². The fourth-order valence-electron chi connectivity index (χ4n) is 1.41. The molecular formula is C12H10F3N3. The standard InChI is InChI=1S/C12H10F3N3/c1-18(10-5-3-2-4-6-10)11-16-7-9(8-17-11)12(13,14)15/h2-8H,1H3. The third kappa shape index (κ3) is 2.58. The second-order valence-electron chi connectivity index (χ2n) is 3.66. The van der Waals surface area contributed by atoms with Crippen molar-refractivity contribution < 1.29 is 13.2 Å². The Morgan fingerprint density at radius 3 is 2.06 bits per heavy atom. The zero-order valence-electron chi connectivity index (χ0n) is 9.52. The van der Waals surface area contributed by atoms with Crippen LogP contribution in [0.25, 0.3) is 0 Å². The molecule has 0 bridgehead atoms. The summed E-state index contributed by atoms with van der Waals surface area (Å²) in [5.74, 6) is 0.217. The molecule has 0 atom stereocenters. The van der Waals surface area contributed by atoms with Crippen LogP contribution in [0.3, 0.4) is 0 Å². The molecule has 0 aliphatic carbocycles. The molecule has 0 radical (unpaired) electrons. The van der Waals surface area contributed by atoms with Gasteiger partial charge in [-0.2, -0.15) is 13.2 Å². The highest BCUT2D eigenvalue weighted by Crippen LogP contribution is 2.29. The van der Waals surface area contributed by atoms with Gasteiger partial charge in [0.15, 0.2) is 0 Å². The topological polar surface area (TPSA) is 29.0 Å². The molecular weight excluding hydrogens is 243 g/mol. The molecule has 18 heavy (non-hydrogen) atoms. The van der Waals surface area contributed by atoms with Crippen molar-refractivity contribution in [3.05, 3.63) is 48.3 Å². The molecule has 2 aromatic rings. The van der Waals surface area contributed by atoms with E-state index < -0.39 is 11.7 Å². The van der Waals surface area contributed by atoms with Crippen LogP contribution in [0, 0.1) is 0 Å². The van der Waals surface area contributed by atoms with E-state index in [-0.39, 0.29) is 5.95 Å². The van der Waals surface area contributed by atoms with Gasteiger partial charge in [0.25, 0.3) is 0 Å². The summed E-state index contributed by atoms with van der Waals surface area (Å²) in [7, 11) is 1.69. The van der Waals surface area contributed by atoms with Gasteiger partial charge in [0, 0.05) is 25.1 Å². The van der Waals surface area contributed by atoms with E-state index in [0.717, 1.165) is 18.1 Å². The molecule has 2 rings (SSSR count). The predicted molar refractivity (Wildman–Crippen MR) is 61.5 cm³/mol. The van der Waals surface area contributed by atoms with Gasteiger partial charge in [0.1, 0.15) is 0 Å². The number of aromatic nitrogens is 2. The smallest absolute Gasteiger partial charge is 0.314 e. The monoisotopic (exact) mass is 253 g/mol. The second kappa shape index (κ2) is 4.64. The molecule has 1 heterocycles. The number of benzene rings is 1. The first kappa shape index (κ1) is 12.3. The zero-order valence-corrected chi connectivity index (χ0v) is 9.52. The lowest BCUT2D eigenvalue weighted by Gasteiger charge is -2.17. The molecule has 0 aliphatic heterocycles. The van der Waals surface area contributed by atoms with Gasteiger partial charge in [-0.15, -0.1) is 0 Å². The van der Waals surface area contributed by atoms with E-state index in [9.17, 15) is 13.2 Å². The molecule has 0 saturated heterocycles.